The first-order valence-electron chi connectivity index (χ1n) is 3.62. The highest BCUT2D eigenvalue weighted by atomic mass is 19.1. The molecule has 1 aromatic carbocycles. The Morgan fingerprint density at radius 3 is 2.85 bits per heavy atom. The van der Waals surface area contributed by atoms with Crippen molar-refractivity contribution in [3.8, 4) is 11.8 Å². The highest BCUT2D eigenvalue weighted by molar-refractivity contribution is 5.73. The number of aliphatic hydroxyl groups excluding tert-OH is 1. The van der Waals surface area contributed by atoms with Gasteiger partial charge in [-0.3, -0.25) is 4.79 Å². The number of rotatable bonds is 1. The van der Waals surface area contributed by atoms with Crippen molar-refractivity contribution < 1.29 is 14.3 Å². The van der Waals surface area contributed by atoms with Crippen LogP contribution in [0.5, 0.6) is 0 Å². The van der Waals surface area contributed by atoms with Crippen LogP contribution in [0.1, 0.15) is 11.1 Å². The summed E-state index contributed by atoms with van der Waals surface area (Å²) < 4.78 is 13.0. The molecule has 0 saturated heterocycles. The molecule has 0 heterocycles. The second kappa shape index (κ2) is 4.39. The third-order valence-corrected chi connectivity index (χ3v) is 1.50. The number of hydrogen-bond acceptors (Lipinski definition) is 2. The van der Waals surface area contributed by atoms with E-state index in [1.165, 1.54) is 12.1 Å². The first-order chi connectivity index (χ1) is 6.27. The SMILES string of the molecule is O=CC#Cc1ccc(CO)c(F)c1. The van der Waals surface area contributed by atoms with Crippen molar-refractivity contribution in [3.63, 3.8) is 0 Å². The van der Waals surface area contributed by atoms with Crippen molar-refractivity contribution in [2.24, 2.45) is 0 Å². The summed E-state index contributed by atoms with van der Waals surface area (Å²) in [6, 6.07) is 4.16. The average Bonchev–Trinajstić information content (AvgIpc) is 2.15. The van der Waals surface area contributed by atoms with E-state index in [4.69, 9.17) is 5.11 Å². The van der Waals surface area contributed by atoms with E-state index >= 15 is 0 Å². The number of aldehydes is 1. The standard InChI is InChI=1S/C10H7FO2/c11-10-6-8(2-1-5-12)3-4-9(10)7-13/h3-6,13H,7H2. The summed E-state index contributed by atoms with van der Waals surface area (Å²) >= 11 is 0. The minimum Gasteiger partial charge on any atom is -0.392 e. The van der Waals surface area contributed by atoms with Crippen LogP contribution in [0.3, 0.4) is 0 Å². The predicted molar refractivity (Wildman–Crippen MR) is 45.3 cm³/mol. The molecule has 1 rings (SSSR count). The second-order valence-corrected chi connectivity index (χ2v) is 2.35. The van der Waals surface area contributed by atoms with E-state index in [-0.39, 0.29) is 12.2 Å². The molecule has 0 radical (unpaired) electrons. The van der Waals surface area contributed by atoms with Crippen LogP contribution in [0.4, 0.5) is 4.39 Å². The van der Waals surface area contributed by atoms with E-state index in [9.17, 15) is 9.18 Å². The number of hydrogen-bond donors (Lipinski definition) is 1. The fraction of sp³-hybridized carbons (Fsp3) is 0.100. The molecule has 1 N–H and O–H groups in total. The molecule has 0 amide bonds. The lowest BCUT2D eigenvalue weighted by atomic mass is 10.1. The van der Waals surface area contributed by atoms with E-state index in [0.29, 0.717) is 11.8 Å². The lowest BCUT2D eigenvalue weighted by molar-refractivity contribution is -0.103. The quantitative estimate of drug-likeness (QED) is 0.511. The highest BCUT2D eigenvalue weighted by Crippen LogP contribution is 2.09. The lowest BCUT2D eigenvalue weighted by Crippen LogP contribution is -1.90. The van der Waals surface area contributed by atoms with Crippen LogP contribution in [0.2, 0.25) is 0 Å². The Hall–Kier alpha value is -1.66. The fourth-order valence-electron chi connectivity index (χ4n) is 0.866. The molecule has 0 atom stereocenters. The monoisotopic (exact) mass is 178 g/mol. The Balaban J connectivity index is 3.02. The van der Waals surface area contributed by atoms with Gasteiger partial charge >= 0.3 is 0 Å². The summed E-state index contributed by atoms with van der Waals surface area (Å²) in [6.07, 6.45) is 0.442. The first-order valence-corrected chi connectivity index (χ1v) is 3.62. The van der Waals surface area contributed by atoms with Gasteiger partial charge in [-0.2, -0.15) is 0 Å². The molecule has 0 saturated carbocycles. The van der Waals surface area contributed by atoms with E-state index in [2.05, 4.69) is 11.8 Å². The van der Waals surface area contributed by atoms with Crippen molar-refractivity contribution >= 4 is 6.29 Å². The van der Waals surface area contributed by atoms with Gasteiger partial charge in [0.2, 0.25) is 0 Å². The minimum absolute atomic E-state index is 0.219. The smallest absolute Gasteiger partial charge is 0.193 e. The van der Waals surface area contributed by atoms with Gasteiger partial charge in [0, 0.05) is 11.1 Å². The van der Waals surface area contributed by atoms with Gasteiger partial charge in [-0.1, -0.05) is 12.0 Å². The van der Waals surface area contributed by atoms with Crippen LogP contribution >= 0.6 is 0 Å². The fourth-order valence-corrected chi connectivity index (χ4v) is 0.866. The zero-order valence-corrected chi connectivity index (χ0v) is 6.75. The average molecular weight is 178 g/mol. The number of aliphatic hydroxyl groups is 1. The Morgan fingerprint density at radius 2 is 2.31 bits per heavy atom. The largest absolute Gasteiger partial charge is 0.392 e. The normalized spacial score (nSPS) is 8.77. The maximum Gasteiger partial charge on any atom is 0.193 e. The molecule has 0 spiro atoms. The maximum atomic E-state index is 13.0. The van der Waals surface area contributed by atoms with Gasteiger partial charge in [0.1, 0.15) is 5.82 Å². The van der Waals surface area contributed by atoms with Crippen molar-refractivity contribution in [1.29, 1.82) is 0 Å². The third kappa shape index (κ3) is 2.39. The summed E-state index contributed by atoms with van der Waals surface area (Å²) in [5.74, 6) is 4.10. The summed E-state index contributed by atoms with van der Waals surface area (Å²) in [5, 5.41) is 8.65. The zero-order valence-electron chi connectivity index (χ0n) is 6.75. The topological polar surface area (TPSA) is 37.3 Å². The molecule has 0 bridgehead atoms. The van der Waals surface area contributed by atoms with Crippen molar-refractivity contribution in [1.82, 2.24) is 0 Å². The minimum atomic E-state index is -0.514. The van der Waals surface area contributed by atoms with Crippen LogP contribution in [0.15, 0.2) is 18.2 Å². The van der Waals surface area contributed by atoms with Crippen LogP contribution in [-0.2, 0) is 11.4 Å². The van der Waals surface area contributed by atoms with Gasteiger partial charge in [-0.15, -0.1) is 0 Å². The van der Waals surface area contributed by atoms with Crippen molar-refractivity contribution in [3.05, 3.63) is 35.1 Å². The van der Waals surface area contributed by atoms with Gasteiger partial charge in [0.25, 0.3) is 0 Å². The van der Waals surface area contributed by atoms with Crippen LogP contribution in [0.25, 0.3) is 0 Å². The van der Waals surface area contributed by atoms with E-state index < -0.39 is 5.82 Å². The van der Waals surface area contributed by atoms with Gasteiger partial charge in [0.15, 0.2) is 6.29 Å². The molecule has 0 aromatic heterocycles. The molecular weight excluding hydrogens is 171 g/mol. The highest BCUT2D eigenvalue weighted by Gasteiger charge is 1.99. The van der Waals surface area contributed by atoms with Gasteiger partial charge < -0.3 is 5.11 Å². The third-order valence-electron chi connectivity index (χ3n) is 1.50. The number of carbonyl (C=O) groups is 1. The Morgan fingerprint density at radius 1 is 1.54 bits per heavy atom. The molecular formula is C10H7FO2. The number of benzene rings is 1. The van der Waals surface area contributed by atoms with Crippen LogP contribution < -0.4 is 0 Å². The van der Waals surface area contributed by atoms with Gasteiger partial charge in [-0.25, -0.2) is 4.39 Å². The molecule has 0 aliphatic rings. The van der Waals surface area contributed by atoms with Crippen LogP contribution in [0, 0.1) is 17.7 Å². The lowest BCUT2D eigenvalue weighted by Gasteiger charge is -1.97. The van der Waals surface area contributed by atoms with Crippen molar-refractivity contribution in [2.75, 3.05) is 0 Å². The number of carbonyl (C=O) groups excluding carboxylic acids is 1. The summed E-state index contributed by atoms with van der Waals surface area (Å²) in [5.41, 5.74) is 0.637. The first kappa shape index (κ1) is 9.43. The predicted octanol–water partition coefficient (Wildman–Crippen LogP) is 0.868. The van der Waals surface area contributed by atoms with Gasteiger partial charge in [0.05, 0.1) is 6.61 Å². The Bertz CT molecular complexity index is 374. The van der Waals surface area contributed by atoms with E-state index in [0.717, 1.165) is 0 Å². The molecule has 66 valence electrons. The maximum absolute atomic E-state index is 13.0. The summed E-state index contributed by atoms with van der Waals surface area (Å²) in [7, 11) is 0. The summed E-state index contributed by atoms with van der Waals surface area (Å²) in [4.78, 5) is 9.88. The van der Waals surface area contributed by atoms with E-state index in [1.54, 1.807) is 6.07 Å². The molecule has 0 fully saturated rings. The molecule has 13 heavy (non-hydrogen) atoms. The zero-order chi connectivity index (χ0) is 9.68. The molecule has 2 nitrogen and oxygen atoms in total. The summed E-state index contributed by atoms with van der Waals surface area (Å²) in [6.45, 7) is -0.340. The molecule has 0 aliphatic heterocycles. The molecule has 3 heteroatoms. The molecule has 0 aliphatic carbocycles. The molecule has 0 unspecified atom stereocenters. The van der Waals surface area contributed by atoms with E-state index in [1.807, 2.05) is 0 Å². The Labute approximate surface area is 75.0 Å². The van der Waals surface area contributed by atoms with Crippen LogP contribution in [-0.4, -0.2) is 11.4 Å². The van der Waals surface area contributed by atoms with Crippen molar-refractivity contribution in [2.45, 2.75) is 6.61 Å². The van der Waals surface area contributed by atoms with Gasteiger partial charge in [-0.05, 0) is 18.1 Å². The Kier molecular flexibility index (Phi) is 3.18. The molecule has 1 aromatic rings. The second-order valence-electron chi connectivity index (χ2n) is 2.35. The number of halogens is 1.